The summed E-state index contributed by atoms with van der Waals surface area (Å²) < 4.78 is 28.6. The van der Waals surface area contributed by atoms with Crippen LogP contribution in [0.3, 0.4) is 0 Å². The Morgan fingerprint density at radius 1 is 1.21 bits per heavy atom. The number of hydrogen-bond donors (Lipinski definition) is 1. The SMILES string of the molecule is Cc1c(CC(=O)O)c(-c2ccc(Cl)cc2)c2cc(C)n3c2c1N(CC(F)F)CC3. The number of carboxylic acid groups (broad SMARTS) is 1. The van der Waals surface area contributed by atoms with Crippen molar-refractivity contribution in [1.82, 2.24) is 4.57 Å². The van der Waals surface area contributed by atoms with Crippen molar-refractivity contribution in [3.05, 3.63) is 52.2 Å². The third-order valence-corrected chi connectivity index (χ3v) is 5.89. The van der Waals surface area contributed by atoms with E-state index in [1.165, 1.54) is 0 Å². The molecule has 0 amide bonds. The first-order valence-corrected chi connectivity index (χ1v) is 9.81. The van der Waals surface area contributed by atoms with Crippen LogP contribution in [-0.2, 0) is 17.8 Å². The summed E-state index contributed by atoms with van der Waals surface area (Å²) in [7, 11) is 0. The Morgan fingerprint density at radius 3 is 2.52 bits per heavy atom. The monoisotopic (exact) mass is 418 g/mol. The van der Waals surface area contributed by atoms with E-state index in [4.69, 9.17) is 11.6 Å². The molecule has 3 aromatic rings. The summed E-state index contributed by atoms with van der Waals surface area (Å²) in [6, 6.07) is 9.32. The summed E-state index contributed by atoms with van der Waals surface area (Å²) in [4.78, 5) is 13.4. The van der Waals surface area contributed by atoms with Crippen LogP contribution < -0.4 is 4.90 Å². The molecule has 1 N–H and O–H groups in total. The van der Waals surface area contributed by atoms with Crippen molar-refractivity contribution in [2.24, 2.45) is 0 Å². The molecule has 29 heavy (non-hydrogen) atoms. The minimum Gasteiger partial charge on any atom is -0.481 e. The number of nitrogens with zero attached hydrogens (tertiary/aromatic N) is 2. The average Bonchev–Trinajstić information content (AvgIpc) is 2.97. The molecule has 4 rings (SSSR count). The summed E-state index contributed by atoms with van der Waals surface area (Å²) in [5, 5.41) is 11.1. The van der Waals surface area contributed by atoms with Gasteiger partial charge in [-0.05, 0) is 54.3 Å². The molecule has 0 radical (unpaired) electrons. The molecule has 1 aliphatic rings. The molecule has 2 heterocycles. The largest absolute Gasteiger partial charge is 0.481 e. The highest BCUT2D eigenvalue weighted by Gasteiger charge is 2.29. The third kappa shape index (κ3) is 3.35. The number of aliphatic carboxylic acids is 1. The van der Waals surface area contributed by atoms with Crippen LogP contribution in [-0.4, -0.2) is 35.2 Å². The van der Waals surface area contributed by atoms with Gasteiger partial charge < -0.3 is 14.6 Å². The third-order valence-electron chi connectivity index (χ3n) is 5.64. The molecule has 0 unspecified atom stereocenters. The van der Waals surface area contributed by atoms with E-state index in [0.29, 0.717) is 29.4 Å². The smallest absolute Gasteiger partial charge is 0.307 e. The van der Waals surface area contributed by atoms with Crippen molar-refractivity contribution in [3.63, 3.8) is 0 Å². The Hall–Kier alpha value is -2.60. The fraction of sp³-hybridized carbons (Fsp3) is 0.318. The van der Waals surface area contributed by atoms with Crippen LogP contribution in [0.4, 0.5) is 14.5 Å². The fourth-order valence-electron chi connectivity index (χ4n) is 4.47. The van der Waals surface area contributed by atoms with Gasteiger partial charge in [-0.15, -0.1) is 0 Å². The molecule has 152 valence electrons. The minimum absolute atomic E-state index is 0.181. The van der Waals surface area contributed by atoms with Crippen LogP contribution in [0.2, 0.25) is 5.02 Å². The highest BCUT2D eigenvalue weighted by atomic mass is 35.5. The second kappa shape index (κ2) is 7.34. The zero-order chi connectivity index (χ0) is 20.9. The number of carbonyl (C=O) groups is 1. The van der Waals surface area contributed by atoms with Crippen LogP contribution in [0.15, 0.2) is 30.3 Å². The molecule has 4 nitrogen and oxygen atoms in total. The Bertz CT molecular complexity index is 1110. The molecule has 0 spiro atoms. The standard InChI is InChI=1S/C22H21ClF2N2O2/c1-12-9-17-20(14-3-5-15(23)6-4-14)16(10-19(28)29)13(2)21-22(17)27(12)8-7-26(21)11-18(24)25/h3-6,9,18H,7-8,10-11H2,1-2H3,(H,28,29). The van der Waals surface area contributed by atoms with Gasteiger partial charge in [0.2, 0.25) is 0 Å². The lowest BCUT2D eigenvalue weighted by Crippen LogP contribution is -2.36. The molecule has 1 aliphatic heterocycles. The van der Waals surface area contributed by atoms with Crippen LogP contribution in [0, 0.1) is 13.8 Å². The Morgan fingerprint density at radius 2 is 1.90 bits per heavy atom. The number of aryl methyl sites for hydroxylation is 1. The maximum Gasteiger partial charge on any atom is 0.307 e. The van der Waals surface area contributed by atoms with Gasteiger partial charge in [-0.3, -0.25) is 4.79 Å². The van der Waals surface area contributed by atoms with Gasteiger partial charge in [0.25, 0.3) is 6.43 Å². The predicted octanol–water partition coefficient (Wildman–Crippen LogP) is 5.29. The van der Waals surface area contributed by atoms with E-state index >= 15 is 0 Å². The molecular weight excluding hydrogens is 398 g/mol. The van der Waals surface area contributed by atoms with Crippen molar-refractivity contribution in [1.29, 1.82) is 0 Å². The maximum atomic E-state index is 13.3. The number of aromatic nitrogens is 1. The first kappa shape index (κ1) is 19.7. The van der Waals surface area contributed by atoms with E-state index in [2.05, 4.69) is 4.57 Å². The predicted molar refractivity (Wildman–Crippen MR) is 111 cm³/mol. The quantitative estimate of drug-likeness (QED) is 0.612. The van der Waals surface area contributed by atoms with Crippen LogP contribution in [0.1, 0.15) is 16.8 Å². The molecule has 1 aromatic heterocycles. The first-order chi connectivity index (χ1) is 13.8. The number of hydrogen-bond acceptors (Lipinski definition) is 2. The summed E-state index contributed by atoms with van der Waals surface area (Å²) in [5.41, 5.74) is 5.73. The summed E-state index contributed by atoms with van der Waals surface area (Å²) in [5.74, 6) is -0.956. The summed E-state index contributed by atoms with van der Waals surface area (Å²) >= 11 is 6.05. The number of benzene rings is 2. The fourth-order valence-corrected chi connectivity index (χ4v) is 4.59. The highest BCUT2D eigenvalue weighted by molar-refractivity contribution is 6.30. The number of alkyl halides is 2. The van der Waals surface area contributed by atoms with Crippen LogP contribution in [0.5, 0.6) is 0 Å². The zero-order valence-electron chi connectivity index (χ0n) is 16.2. The lowest BCUT2D eigenvalue weighted by atomic mass is 9.88. The minimum atomic E-state index is -2.47. The lowest BCUT2D eigenvalue weighted by Gasteiger charge is -2.34. The number of anilines is 1. The summed E-state index contributed by atoms with van der Waals surface area (Å²) in [6.07, 6.45) is -2.65. The van der Waals surface area contributed by atoms with E-state index in [9.17, 15) is 18.7 Å². The Balaban J connectivity index is 2.09. The normalized spacial score (nSPS) is 13.5. The van der Waals surface area contributed by atoms with E-state index in [1.807, 2.05) is 32.0 Å². The molecular formula is C22H21ClF2N2O2. The van der Waals surface area contributed by atoms with E-state index in [-0.39, 0.29) is 13.0 Å². The van der Waals surface area contributed by atoms with Gasteiger partial charge in [-0.25, -0.2) is 8.78 Å². The molecule has 0 bridgehead atoms. The van der Waals surface area contributed by atoms with E-state index in [0.717, 1.165) is 33.3 Å². The topological polar surface area (TPSA) is 45.5 Å². The maximum absolute atomic E-state index is 13.3. The summed E-state index contributed by atoms with van der Waals surface area (Å²) in [6.45, 7) is 4.54. The molecule has 0 saturated heterocycles. The van der Waals surface area contributed by atoms with E-state index < -0.39 is 12.4 Å². The number of rotatable bonds is 5. The van der Waals surface area contributed by atoms with Crippen molar-refractivity contribution in [2.75, 3.05) is 18.0 Å². The van der Waals surface area contributed by atoms with Gasteiger partial charge >= 0.3 is 5.97 Å². The van der Waals surface area contributed by atoms with Crippen molar-refractivity contribution >= 4 is 34.2 Å². The molecule has 0 atom stereocenters. The van der Waals surface area contributed by atoms with Gasteiger partial charge in [0.1, 0.15) is 0 Å². The Kier molecular flexibility index (Phi) is 4.99. The number of carboxylic acids is 1. The average molecular weight is 419 g/mol. The van der Waals surface area contributed by atoms with Crippen molar-refractivity contribution < 1.29 is 18.7 Å². The van der Waals surface area contributed by atoms with Gasteiger partial charge in [-0.1, -0.05) is 23.7 Å². The molecule has 0 aliphatic carbocycles. The molecule has 0 saturated carbocycles. The van der Waals surface area contributed by atoms with Gasteiger partial charge in [-0.2, -0.15) is 0 Å². The van der Waals surface area contributed by atoms with Crippen molar-refractivity contribution in [3.8, 4) is 11.1 Å². The number of halogens is 3. The molecule has 7 heteroatoms. The lowest BCUT2D eigenvalue weighted by molar-refractivity contribution is -0.136. The van der Waals surface area contributed by atoms with Crippen molar-refractivity contribution in [2.45, 2.75) is 33.2 Å². The zero-order valence-corrected chi connectivity index (χ0v) is 16.9. The molecule has 0 fully saturated rings. The van der Waals surface area contributed by atoms with Crippen LogP contribution in [0.25, 0.3) is 22.0 Å². The second-order valence-electron chi connectivity index (χ2n) is 7.44. The van der Waals surface area contributed by atoms with Gasteiger partial charge in [0, 0.05) is 29.2 Å². The molecule has 2 aromatic carbocycles. The Labute approximate surface area is 172 Å². The van der Waals surface area contributed by atoms with Gasteiger partial charge in [0.05, 0.1) is 24.2 Å². The highest BCUT2D eigenvalue weighted by Crippen LogP contribution is 2.45. The van der Waals surface area contributed by atoms with Gasteiger partial charge in [0.15, 0.2) is 0 Å². The van der Waals surface area contributed by atoms with Crippen LogP contribution >= 0.6 is 11.6 Å². The second-order valence-corrected chi connectivity index (χ2v) is 7.88. The first-order valence-electron chi connectivity index (χ1n) is 9.44. The van der Waals surface area contributed by atoms with E-state index in [1.54, 1.807) is 17.0 Å².